The van der Waals surface area contributed by atoms with Crippen LogP contribution in [0.1, 0.15) is 20.8 Å². The number of carbonyl (C=O) groups is 2. The Hall–Kier alpha value is -1.30. The molecule has 0 saturated heterocycles. The topological polar surface area (TPSA) is 87.1 Å². The van der Waals surface area contributed by atoms with Gasteiger partial charge in [-0.1, -0.05) is 0 Å². The third kappa shape index (κ3) is 5.92. The van der Waals surface area contributed by atoms with Gasteiger partial charge in [-0.2, -0.15) is 5.06 Å². The average molecular weight is 191 g/mol. The molecule has 0 fully saturated rings. The van der Waals surface area contributed by atoms with E-state index in [2.05, 4.69) is 4.74 Å². The zero-order valence-electron chi connectivity index (χ0n) is 7.77. The monoisotopic (exact) mass is 191 g/mol. The molecule has 0 radical (unpaired) electrons. The van der Waals surface area contributed by atoms with E-state index in [0.717, 1.165) is 0 Å². The summed E-state index contributed by atoms with van der Waals surface area (Å²) in [6.07, 6.45) is -1.07. The van der Waals surface area contributed by atoms with Crippen molar-refractivity contribution in [3.63, 3.8) is 0 Å². The summed E-state index contributed by atoms with van der Waals surface area (Å²) < 4.78 is 4.67. The van der Waals surface area contributed by atoms with Crippen molar-refractivity contribution in [2.24, 2.45) is 0 Å². The molecule has 6 heteroatoms. The van der Waals surface area contributed by atoms with Crippen LogP contribution in [0.4, 0.5) is 4.79 Å². The second kappa shape index (κ2) is 4.08. The molecule has 0 aliphatic heterocycles. The summed E-state index contributed by atoms with van der Waals surface area (Å²) in [6, 6.07) is 0. The highest BCUT2D eigenvalue weighted by Gasteiger charge is 2.22. The first kappa shape index (κ1) is 11.7. The van der Waals surface area contributed by atoms with Gasteiger partial charge in [-0.3, -0.25) is 10.0 Å². The Morgan fingerprint density at radius 3 is 2.15 bits per heavy atom. The number of carboxylic acid groups (broad SMARTS) is 1. The van der Waals surface area contributed by atoms with Gasteiger partial charge >= 0.3 is 12.1 Å². The minimum Gasteiger partial charge on any atom is -0.480 e. The molecule has 6 nitrogen and oxygen atoms in total. The Morgan fingerprint density at radius 1 is 1.38 bits per heavy atom. The lowest BCUT2D eigenvalue weighted by atomic mass is 10.2. The number of ether oxygens (including phenoxy) is 1. The van der Waals surface area contributed by atoms with Crippen molar-refractivity contribution >= 4 is 12.1 Å². The van der Waals surface area contributed by atoms with Gasteiger partial charge in [0.25, 0.3) is 0 Å². The van der Waals surface area contributed by atoms with E-state index >= 15 is 0 Å². The predicted octanol–water partition coefficient (Wildman–Crippen LogP) is 0.697. The van der Waals surface area contributed by atoms with Crippen LogP contribution in [0.15, 0.2) is 0 Å². The van der Waals surface area contributed by atoms with Gasteiger partial charge < -0.3 is 9.84 Å². The van der Waals surface area contributed by atoms with Gasteiger partial charge in [-0.05, 0) is 20.8 Å². The number of hydrogen-bond donors (Lipinski definition) is 2. The molecule has 0 aliphatic carbocycles. The quantitative estimate of drug-likeness (QED) is 0.495. The van der Waals surface area contributed by atoms with E-state index in [-0.39, 0.29) is 5.06 Å². The molecule has 0 heterocycles. The van der Waals surface area contributed by atoms with Crippen LogP contribution < -0.4 is 0 Å². The van der Waals surface area contributed by atoms with Gasteiger partial charge in [-0.15, -0.1) is 0 Å². The van der Waals surface area contributed by atoms with Crippen LogP contribution in [0.5, 0.6) is 0 Å². The molecule has 0 rings (SSSR count). The zero-order valence-corrected chi connectivity index (χ0v) is 7.77. The number of amides is 1. The van der Waals surface area contributed by atoms with Crippen LogP contribution in [-0.2, 0) is 9.53 Å². The van der Waals surface area contributed by atoms with Crippen LogP contribution in [0.2, 0.25) is 0 Å². The van der Waals surface area contributed by atoms with Gasteiger partial charge in [0, 0.05) is 0 Å². The van der Waals surface area contributed by atoms with E-state index in [1.165, 1.54) is 0 Å². The number of nitrogens with zero attached hydrogens (tertiary/aromatic N) is 1. The summed E-state index contributed by atoms with van der Waals surface area (Å²) in [5, 5.41) is 17.1. The molecule has 0 unspecified atom stereocenters. The maximum Gasteiger partial charge on any atom is 0.434 e. The van der Waals surface area contributed by atoms with Crippen LogP contribution in [-0.4, -0.2) is 39.6 Å². The van der Waals surface area contributed by atoms with E-state index in [1.807, 2.05) is 0 Å². The van der Waals surface area contributed by atoms with Crippen LogP contribution >= 0.6 is 0 Å². The van der Waals surface area contributed by atoms with E-state index in [4.69, 9.17) is 10.3 Å². The number of carboxylic acids is 1. The van der Waals surface area contributed by atoms with Crippen molar-refractivity contribution in [3.8, 4) is 0 Å². The summed E-state index contributed by atoms with van der Waals surface area (Å²) in [6.45, 7) is 4.04. The molecular weight excluding hydrogens is 178 g/mol. The zero-order chi connectivity index (χ0) is 10.6. The molecule has 0 aromatic carbocycles. The fraction of sp³-hybridized carbons (Fsp3) is 0.714. The number of hydrogen-bond acceptors (Lipinski definition) is 4. The van der Waals surface area contributed by atoms with E-state index in [1.54, 1.807) is 20.8 Å². The average Bonchev–Trinajstić information content (AvgIpc) is 1.81. The third-order valence-electron chi connectivity index (χ3n) is 0.889. The summed E-state index contributed by atoms with van der Waals surface area (Å²) in [5.74, 6) is -1.31. The second-order valence-electron chi connectivity index (χ2n) is 3.43. The fourth-order valence-electron chi connectivity index (χ4n) is 0.507. The normalized spacial score (nSPS) is 10.8. The highest BCUT2D eigenvalue weighted by atomic mass is 16.6. The van der Waals surface area contributed by atoms with Crippen molar-refractivity contribution in [1.82, 2.24) is 5.06 Å². The molecule has 0 atom stereocenters. The molecule has 0 aromatic rings. The number of carbonyl (C=O) groups excluding carboxylic acids is 1. The van der Waals surface area contributed by atoms with Crippen molar-refractivity contribution in [2.45, 2.75) is 26.4 Å². The number of hydroxylamine groups is 2. The summed E-state index contributed by atoms with van der Waals surface area (Å²) >= 11 is 0. The standard InChI is InChI=1S/C7H13NO5/c1-7(2,3)13-6(11)8(12)4-5(9)10/h12H,4H2,1-3H3,(H,9,10). The molecule has 0 saturated carbocycles. The maximum atomic E-state index is 10.9. The highest BCUT2D eigenvalue weighted by Crippen LogP contribution is 2.08. The molecule has 1 amide bonds. The minimum atomic E-state index is -1.31. The van der Waals surface area contributed by atoms with Crippen molar-refractivity contribution in [3.05, 3.63) is 0 Å². The van der Waals surface area contributed by atoms with Gasteiger partial charge in [-0.25, -0.2) is 4.79 Å². The summed E-state index contributed by atoms with van der Waals surface area (Å²) in [5.41, 5.74) is -0.753. The van der Waals surface area contributed by atoms with Crippen molar-refractivity contribution in [1.29, 1.82) is 0 Å². The lowest BCUT2D eigenvalue weighted by Gasteiger charge is -2.22. The second-order valence-corrected chi connectivity index (χ2v) is 3.43. The van der Waals surface area contributed by atoms with Gasteiger partial charge in [0.2, 0.25) is 0 Å². The molecule has 76 valence electrons. The first-order valence-electron chi connectivity index (χ1n) is 3.63. The Labute approximate surface area is 75.7 Å². The first-order valence-corrected chi connectivity index (χ1v) is 3.63. The van der Waals surface area contributed by atoms with E-state index in [0.29, 0.717) is 0 Å². The molecule has 0 aliphatic rings. The predicted molar refractivity (Wildman–Crippen MR) is 42.4 cm³/mol. The first-order chi connectivity index (χ1) is 5.72. The van der Waals surface area contributed by atoms with Crippen molar-refractivity contribution in [2.75, 3.05) is 6.54 Å². The van der Waals surface area contributed by atoms with Crippen LogP contribution in [0.25, 0.3) is 0 Å². The molecule has 2 N–H and O–H groups in total. The molecule has 13 heavy (non-hydrogen) atoms. The van der Waals surface area contributed by atoms with E-state index in [9.17, 15) is 9.59 Å². The lowest BCUT2D eigenvalue weighted by molar-refractivity contribution is -0.150. The molecule has 0 aromatic heterocycles. The number of aliphatic carboxylic acids is 1. The minimum absolute atomic E-state index is 0.00752. The Kier molecular flexibility index (Phi) is 3.68. The van der Waals surface area contributed by atoms with Crippen molar-refractivity contribution < 1.29 is 24.6 Å². The maximum absolute atomic E-state index is 10.9. The van der Waals surface area contributed by atoms with Crippen LogP contribution in [0.3, 0.4) is 0 Å². The SMILES string of the molecule is CC(C)(C)OC(=O)N(O)CC(=O)O. The number of rotatable bonds is 2. The molecule has 0 bridgehead atoms. The van der Waals surface area contributed by atoms with Gasteiger partial charge in [0.15, 0.2) is 0 Å². The Bertz CT molecular complexity index is 207. The summed E-state index contributed by atoms with van der Waals surface area (Å²) in [7, 11) is 0. The Balaban J connectivity index is 4.05. The van der Waals surface area contributed by atoms with E-state index < -0.39 is 24.2 Å². The molecule has 0 spiro atoms. The van der Waals surface area contributed by atoms with Gasteiger partial charge in [0.1, 0.15) is 12.1 Å². The fourth-order valence-corrected chi connectivity index (χ4v) is 0.507. The Morgan fingerprint density at radius 2 is 1.85 bits per heavy atom. The summed E-state index contributed by atoms with van der Waals surface area (Å²) in [4.78, 5) is 21.0. The largest absolute Gasteiger partial charge is 0.480 e. The third-order valence-corrected chi connectivity index (χ3v) is 0.889. The smallest absolute Gasteiger partial charge is 0.434 e. The van der Waals surface area contributed by atoms with Crippen LogP contribution in [0, 0.1) is 0 Å². The lowest BCUT2D eigenvalue weighted by Crippen LogP contribution is -2.37. The highest BCUT2D eigenvalue weighted by molar-refractivity contribution is 5.75. The van der Waals surface area contributed by atoms with Gasteiger partial charge in [0.05, 0.1) is 0 Å². The molecular formula is C7H13NO5.